The van der Waals surface area contributed by atoms with E-state index in [-0.39, 0.29) is 11.2 Å². The van der Waals surface area contributed by atoms with Crippen molar-refractivity contribution in [1.29, 1.82) is 0 Å². The number of carbonyl (C=O) groups excluding carboxylic acids is 1. The van der Waals surface area contributed by atoms with E-state index < -0.39 is 0 Å². The number of methoxy groups -OCH3 is 1. The van der Waals surface area contributed by atoms with Crippen LogP contribution < -0.4 is 14.8 Å². The van der Waals surface area contributed by atoms with Crippen molar-refractivity contribution in [2.45, 2.75) is 0 Å². The molecule has 29 heavy (non-hydrogen) atoms. The number of amides is 1. The second kappa shape index (κ2) is 8.57. The number of carbonyl (C=O) groups is 1. The lowest BCUT2D eigenvalue weighted by molar-refractivity contribution is 0.265. The Kier molecular flexibility index (Phi) is 5.53. The zero-order valence-electron chi connectivity index (χ0n) is 15.4. The van der Waals surface area contributed by atoms with Crippen molar-refractivity contribution < 1.29 is 14.3 Å². The van der Waals surface area contributed by atoms with Gasteiger partial charge in [0.2, 0.25) is 0 Å². The Morgan fingerprint density at radius 3 is 2.66 bits per heavy atom. The Labute approximate surface area is 171 Å². The quantitative estimate of drug-likeness (QED) is 0.657. The molecular formula is C21H16N4O3S. The third-order valence-electron chi connectivity index (χ3n) is 3.86. The third kappa shape index (κ3) is 4.80. The predicted octanol–water partition coefficient (Wildman–Crippen LogP) is 4.81. The van der Waals surface area contributed by atoms with E-state index in [1.807, 2.05) is 48.5 Å². The van der Waals surface area contributed by atoms with Crippen molar-refractivity contribution in [3.05, 3.63) is 77.5 Å². The molecular weight excluding hydrogens is 388 g/mol. The molecule has 0 atom stereocenters. The summed E-state index contributed by atoms with van der Waals surface area (Å²) in [6.07, 6.45) is 5.10. The Morgan fingerprint density at radius 2 is 1.83 bits per heavy atom. The van der Waals surface area contributed by atoms with Gasteiger partial charge < -0.3 is 14.8 Å². The molecule has 0 bridgehead atoms. The van der Waals surface area contributed by atoms with Crippen molar-refractivity contribution in [3.8, 4) is 17.5 Å². The lowest BCUT2D eigenvalue weighted by atomic mass is 10.2. The maximum atomic E-state index is 11.9. The van der Waals surface area contributed by atoms with Crippen LogP contribution in [-0.2, 0) is 0 Å². The highest BCUT2D eigenvalue weighted by atomic mass is 32.2. The van der Waals surface area contributed by atoms with E-state index in [1.54, 1.807) is 31.6 Å². The maximum absolute atomic E-state index is 11.9. The number of thioether (sulfide) groups is 1. The number of hydrogen-bond acceptors (Lipinski definition) is 7. The molecule has 1 aliphatic heterocycles. The van der Waals surface area contributed by atoms with Crippen LogP contribution in [0.5, 0.6) is 17.5 Å². The average Bonchev–Trinajstić information content (AvgIpc) is 3.07. The third-order valence-corrected chi connectivity index (χ3v) is 4.68. The molecule has 0 saturated carbocycles. The lowest BCUT2D eigenvalue weighted by Crippen LogP contribution is -2.18. The normalized spacial score (nSPS) is 16.1. The summed E-state index contributed by atoms with van der Waals surface area (Å²) in [5.74, 6) is 1.78. The molecule has 0 spiro atoms. The van der Waals surface area contributed by atoms with Crippen LogP contribution in [0, 0.1) is 0 Å². The van der Waals surface area contributed by atoms with Crippen LogP contribution in [0.2, 0.25) is 0 Å². The molecule has 4 rings (SSSR count). The topological polar surface area (TPSA) is 85.7 Å². The highest BCUT2D eigenvalue weighted by Crippen LogP contribution is 2.30. The minimum atomic E-state index is -0.178. The van der Waals surface area contributed by atoms with E-state index in [9.17, 15) is 4.79 Å². The molecule has 7 nitrogen and oxygen atoms in total. The van der Waals surface area contributed by atoms with Gasteiger partial charge in [-0.25, -0.2) is 15.0 Å². The molecule has 8 heteroatoms. The highest BCUT2D eigenvalue weighted by molar-refractivity contribution is 8.18. The smallest absolute Gasteiger partial charge is 0.321 e. The molecule has 1 aliphatic rings. The summed E-state index contributed by atoms with van der Waals surface area (Å²) in [5, 5.41) is 2.60. The Bertz CT molecular complexity index is 1100. The fourth-order valence-corrected chi connectivity index (χ4v) is 3.32. The van der Waals surface area contributed by atoms with E-state index >= 15 is 0 Å². The van der Waals surface area contributed by atoms with Gasteiger partial charge in [0.25, 0.3) is 5.24 Å². The van der Waals surface area contributed by atoms with Gasteiger partial charge in [-0.3, -0.25) is 4.79 Å². The van der Waals surface area contributed by atoms with Gasteiger partial charge in [-0.2, -0.15) is 0 Å². The van der Waals surface area contributed by atoms with E-state index in [4.69, 9.17) is 9.47 Å². The number of hydrogen-bond donors (Lipinski definition) is 1. The summed E-state index contributed by atoms with van der Waals surface area (Å²) in [5.41, 5.74) is 1.54. The van der Waals surface area contributed by atoms with Crippen molar-refractivity contribution >= 4 is 34.6 Å². The molecule has 3 aromatic rings. The molecule has 0 radical (unpaired) electrons. The predicted molar refractivity (Wildman–Crippen MR) is 113 cm³/mol. The largest absolute Gasteiger partial charge is 0.497 e. The van der Waals surface area contributed by atoms with Gasteiger partial charge in [0.1, 0.15) is 17.3 Å². The van der Waals surface area contributed by atoms with Crippen molar-refractivity contribution in [1.82, 2.24) is 15.3 Å². The van der Waals surface area contributed by atoms with E-state index in [0.717, 1.165) is 17.3 Å². The van der Waals surface area contributed by atoms with E-state index in [2.05, 4.69) is 20.3 Å². The Balaban J connectivity index is 1.61. The van der Waals surface area contributed by atoms with Crippen LogP contribution in [0.1, 0.15) is 5.56 Å². The number of aromatic nitrogens is 2. The minimum absolute atomic E-state index is 0.178. The minimum Gasteiger partial charge on any atom is -0.497 e. The zero-order valence-corrected chi connectivity index (χ0v) is 16.2. The van der Waals surface area contributed by atoms with Gasteiger partial charge in [-0.15, -0.1) is 0 Å². The number of rotatable bonds is 5. The number of benzene rings is 2. The fourth-order valence-electron chi connectivity index (χ4n) is 2.58. The van der Waals surface area contributed by atoms with Gasteiger partial charge in [-0.1, -0.05) is 18.2 Å². The summed E-state index contributed by atoms with van der Waals surface area (Å²) in [7, 11) is 1.60. The van der Waals surface area contributed by atoms with E-state index in [0.29, 0.717) is 27.9 Å². The first-order chi connectivity index (χ1) is 14.2. The Morgan fingerprint density at radius 1 is 1.03 bits per heavy atom. The SMILES string of the molecule is COc1cccc(N=C2NC(=O)S/C2=C/c2cccc(Oc3ncccn3)c2)c1. The summed E-state index contributed by atoms with van der Waals surface area (Å²) < 4.78 is 10.9. The second-order valence-electron chi connectivity index (χ2n) is 5.89. The molecule has 0 unspecified atom stereocenters. The van der Waals surface area contributed by atoms with Crippen LogP contribution in [0.15, 0.2) is 76.9 Å². The first-order valence-electron chi connectivity index (χ1n) is 8.68. The summed E-state index contributed by atoms with van der Waals surface area (Å²) in [6, 6.07) is 16.7. The number of aliphatic imine (C=N–C) groups is 1. The molecule has 1 saturated heterocycles. The zero-order chi connectivity index (χ0) is 20.1. The van der Waals surface area contributed by atoms with Crippen LogP contribution in [0.3, 0.4) is 0 Å². The molecule has 2 heterocycles. The average molecular weight is 404 g/mol. The molecule has 144 valence electrons. The van der Waals surface area contributed by atoms with Crippen LogP contribution >= 0.6 is 11.8 Å². The highest BCUT2D eigenvalue weighted by Gasteiger charge is 2.23. The van der Waals surface area contributed by atoms with Crippen LogP contribution in [0.25, 0.3) is 6.08 Å². The summed E-state index contributed by atoms with van der Waals surface area (Å²) in [6.45, 7) is 0. The second-order valence-corrected chi connectivity index (χ2v) is 6.91. The summed E-state index contributed by atoms with van der Waals surface area (Å²) >= 11 is 1.09. The van der Waals surface area contributed by atoms with E-state index in [1.165, 1.54) is 0 Å². The monoisotopic (exact) mass is 404 g/mol. The van der Waals surface area contributed by atoms with Crippen molar-refractivity contribution in [2.75, 3.05) is 7.11 Å². The van der Waals surface area contributed by atoms with Gasteiger partial charge in [0, 0.05) is 18.5 Å². The molecule has 1 N–H and O–H groups in total. The first-order valence-corrected chi connectivity index (χ1v) is 9.50. The van der Waals surface area contributed by atoms with Crippen LogP contribution in [-0.4, -0.2) is 28.2 Å². The number of amidine groups is 1. The molecule has 1 aromatic heterocycles. The Hall–Kier alpha value is -3.65. The lowest BCUT2D eigenvalue weighted by Gasteiger charge is -2.05. The maximum Gasteiger partial charge on any atom is 0.321 e. The number of nitrogens with one attached hydrogen (secondary N) is 1. The molecule has 2 aromatic carbocycles. The van der Waals surface area contributed by atoms with Crippen molar-refractivity contribution in [3.63, 3.8) is 0 Å². The standard InChI is InChI=1S/C21H16N4O3S/c1-27-16-7-3-6-15(13-16)24-19-18(29-21(26)25-19)12-14-5-2-8-17(11-14)28-20-22-9-4-10-23-20/h2-13H,1H3,(H,24,25,26)/b18-12+. The number of nitrogens with zero attached hydrogens (tertiary/aromatic N) is 3. The summed E-state index contributed by atoms with van der Waals surface area (Å²) in [4.78, 5) is 25.3. The van der Waals surface area contributed by atoms with Crippen LogP contribution in [0.4, 0.5) is 10.5 Å². The van der Waals surface area contributed by atoms with Gasteiger partial charge in [0.15, 0.2) is 0 Å². The first kappa shape index (κ1) is 18.7. The molecule has 1 fully saturated rings. The fraction of sp³-hybridized carbons (Fsp3) is 0.0476. The molecule has 1 amide bonds. The van der Waals surface area contributed by atoms with Gasteiger partial charge in [0.05, 0.1) is 17.7 Å². The van der Waals surface area contributed by atoms with Crippen molar-refractivity contribution in [2.24, 2.45) is 4.99 Å². The molecule has 0 aliphatic carbocycles. The van der Waals surface area contributed by atoms with Gasteiger partial charge in [-0.05, 0) is 53.7 Å². The van der Waals surface area contributed by atoms with Gasteiger partial charge >= 0.3 is 6.01 Å². The number of ether oxygens (including phenoxy) is 2.